The largest absolute Gasteiger partial charge is 0.143 e. The van der Waals surface area contributed by atoms with Crippen molar-refractivity contribution < 1.29 is 0 Å². The van der Waals surface area contributed by atoms with Crippen molar-refractivity contribution >= 4 is 11.5 Å². The minimum atomic E-state index is 0.886. The highest BCUT2D eigenvalue weighted by molar-refractivity contribution is 7.03. The predicted molar refractivity (Wildman–Crippen MR) is 49.2 cm³/mol. The van der Waals surface area contributed by atoms with E-state index < -0.39 is 0 Å². The molecule has 3 heteroatoms. The Morgan fingerprint density at radius 3 is 2.67 bits per heavy atom. The molecule has 12 heavy (non-hydrogen) atoms. The van der Waals surface area contributed by atoms with Gasteiger partial charge in [0, 0.05) is 11.8 Å². The zero-order valence-corrected chi connectivity index (χ0v) is 7.29. The van der Waals surface area contributed by atoms with Crippen LogP contribution < -0.4 is 0 Å². The van der Waals surface area contributed by atoms with Gasteiger partial charge in [-0.05, 0) is 17.1 Å². The third-order valence-corrected chi connectivity index (χ3v) is 2.19. The molecule has 0 aliphatic carbocycles. The van der Waals surface area contributed by atoms with E-state index in [-0.39, 0.29) is 0 Å². The normalized spacial score (nSPS) is 10.0. The van der Waals surface area contributed by atoms with E-state index in [0.717, 1.165) is 12.1 Å². The monoisotopic (exact) mass is 176 g/mol. The molecule has 1 aromatic carbocycles. The number of hydrogen-bond acceptors (Lipinski definition) is 3. The van der Waals surface area contributed by atoms with E-state index in [1.54, 1.807) is 0 Å². The Kier molecular flexibility index (Phi) is 2.14. The van der Waals surface area contributed by atoms with Gasteiger partial charge >= 0.3 is 0 Å². The van der Waals surface area contributed by atoms with E-state index >= 15 is 0 Å². The van der Waals surface area contributed by atoms with Crippen molar-refractivity contribution in [2.45, 2.75) is 6.42 Å². The Hall–Kier alpha value is -1.22. The molecule has 0 bridgehead atoms. The van der Waals surface area contributed by atoms with Crippen LogP contribution in [0.3, 0.4) is 0 Å². The van der Waals surface area contributed by atoms with Crippen LogP contribution in [0, 0.1) is 0 Å². The number of benzene rings is 1. The fourth-order valence-corrected chi connectivity index (χ4v) is 1.52. The SMILES string of the molecule is c1ccc(Cc2csnn2)cc1. The molecule has 0 radical (unpaired) electrons. The molecule has 0 aliphatic rings. The van der Waals surface area contributed by atoms with Crippen molar-refractivity contribution in [3.63, 3.8) is 0 Å². The smallest absolute Gasteiger partial charge is 0.0799 e. The van der Waals surface area contributed by atoms with Gasteiger partial charge in [-0.15, -0.1) is 5.10 Å². The molecule has 60 valence electrons. The maximum atomic E-state index is 3.98. The van der Waals surface area contributed by atoms with Crippen LogP contribution in [0.4, 0.5) is 0 Å². The summed E-state index contributed by atoms with van der Waals surface area (Å²) in [4.78, 5) is 0. The fourth-order valence-electron chi connectivity index (χ4n) is 1.07. The highest BCUT2D eigenvalue weighted by Crippen LogP contribution is 2.06. The summed E-state index contributed by atoms with van der Waals surface area (Å²) in [6, 6.07) is 10.3. The zero-order chi connectivity index (χ0) is 8.23. The van der Waals surface area contributed by atoms with Gasteiger partial charge in [-0.3, -0.25) is 0 Å². The van der Waals surface area contributed by atoms with E-state index in [1.165, 1.54) is 17.1 Å². The number of aromatic nitrogens is 2. The molecule has 0 aliphatic heterocycles. The molecule has 0 fully saturated rings. The summed E-state index contributed by atoms with van der Waals surface area (Å²) < 4.78 is 3.81. The van der Waals surface area contributed by atoms with Gasteiger partial charge in [0.25, 0.3) is 0 Å². The molecular formula is C9H8N2S. The topological polar surface area (TPSA) is 25.8 Å². The lowest BCUT2D eigenvalue weighted by molar-refractivity contribution is 1.02. The third-order valence-electron chi connectivity index (χ3n) is 1.63. The van der Waals surface area contributed by atoms with Crippen molar-refractivity contribution in [1.29, 1.82) is 0 Å². The number of hydrogen-bond donors (Lipinski definition) is 0. The molecule has 1 heterocycles. The van der Waals surface area contributed by atoms with Crippen molar-refractivity contribution in [2.75, 3.05) is 0 Å². The van der Waals surface area contributed by atoms with E-state index in [0.29, 0.717) is 0 Å². The molecule has 0 saturated heterocycles. The molecule has 0 N–H and O–H groups in total. The second kappa shape index (κ2) is 3.45. The van der Waals surface area contributed by atoms with Gasteiger partial charge in [0.2, 0.25) is 0 Å². The minimum Gasteiger partial charge on any atom is -0.143 e. The molecule has 2 rings (SSSR count). The summed E-state index contributed by atoms with van der Waals surface area (Å²) in [6.07, 6.45) is 0.886. The van der Waals surface area contributed by atoms with Gasteiger partial charge < -0.3 is 0 Å². The van der Waals surface area contributed by atoms with Crippen LogP contribution in [-0.2, 0) is 6.42 Å². The Labute approximate surface area is 75.0 Å². The minimum absolute atomic E-state index is 0.886. The summed E-state index contributed by atoms with van der Waals surface area (Å²) >= 11 is 1.40. The van der Waals surface area contributed by atoms with Gasteiger partial charge in [-0.2, -0.15) is 0 Å². The Morgan fingerprint density at radius 1 is 1.17 bits per heavy atom. The zero-order valence-electron chi connectivity index (χ0n) is 6.47. The first-order chi connectivity index (χ1) is 5.95. The first-order valence-electron chi connectivity index (χ1n) is 3.75. The molecule has 0 amide bonds. The summed E-state index contributed by atoms with van der Waals surface area (Å²) in [6.45, 7) is 0. The van der Waals surface area contributed by atoms with Crippen LogP contribution >= 0.6 is 11.5 Å². The van der Waals surface area contributed by atoms with E-state index in [2.05, 4.69) is 21.7 Å². The molecule has 0 spiro atoms. The second-order valence-electron chi connectivity index (χ2n) is 2.56. The lowest BCUT2D eigenvalue weighted by Crippen LogP contribution is -1.86. The van der Waals surface area contributed by atoms with E-state index in [4.69, 9.17) is 0 Å². The number of nitrogens with zero attached hydrogens (tertiary/aromatic N) is 2. The summed E-state index contributed by atoms with van der Waals surface area (Å²) in [7, 11) is 0. The van der Waals surface area contributed by atoms with Crippen LogP contribution in [0.2, 0.25) is 0 Å². The highest BCUT2D eigenvalue weighted by atomic mass is 32.1. The van der Waals surface area contributed by atoms with Gasteiger partial charge in [0.1, 0.15) is 0 Å². The average molecular weight is 176 g/mol. The highest BCUT2D eigenvalue weighted by Gasteiger charge is 1.96. The molecule has 2 nitrogen and oxygen atoms in total. The quantitative estimate of drug-likeness (QED) is 0.700. The van der Waals surface area contributed by atoms with Crippen LogP contribution in [0.25, 0.3) is 0 Å². The molecule has 2 aromatic rings. The lowest BCUT2D eigenvalue weighted by Gasteiger charge is -1.94. The van der Waals surface area contributed by atoms with Crippen LogP contribution in [0.15, 0.2) is 35.7 Å². The summed E-state index contributed by atoms with van der Waals surface area (Å²) in [5.74, 6) is 0. The van der Waals surface area contributed by atoms with Crippen LogP contribution in [-0.4, -0.2) is 9.59 Å². The van der Waals surface area contributed by atoms with Crippen molar-refractivity contribution in [3.05, 3.63) is 47.0 Å². The van der Waals surface area contributed by atoms with Crippen molar-refractivity contribution in [3.8, 4) is 0 Å². The van der Waals surface area contributed by atoms with E-state index in [1.807, 2.05) is 23.6 Å². The molecule has 1 aromatic heterocycles. The van der Waals surface area contributed by atoms with Gasteiger partial charge in [0.05, 0.1) is 5.69 Å². The first-order valence-corrected chi connectivity index (χ1v) is 4.58. The summed E-state index contributed by atoms with van der Waals surface area (Å²) in [5.41, 5.74) is 2.33. The molecule has 0 saturated carbocycles. The van der Waals surface area contributed by atoms with E-state index in [9.17, 15) is 0 Å². The van der Waals surface area contributed by atoms with Gasteiger partial charge in [0.15, 0.2) is 0 Å². The average Bonchev–Trinajstić information content (AvgIpc) is 2.59. The third kappa shape index (κ3) is 1.68. The first kappa shape index (κ1) is 7.43. The van der Waals surface area contributed by atoms with Gasteiger partial charge in [-0.25, -0.2) is 0 Å². The molecule has 0 atom stereocenters. The fraction of sp³-hybridized carbons (Fsp3) is 0.111. The molecule has 0 unspecified atom stereocenters. The standard InChI is InChI=1S/C9H8N2S/c1-2-4-8(5-3-1)6-9-7-12-11-10-9/h1-5,7H,6H2. The maximum absolute atomic E-state index is 3.98. The van der Waals surface area contributed by atoms with Crippen LogP contribution in [0.1, 0.15) is 11.3 Å². The summed E-state index contributed by atoms with van der Waals surface area (Å²) in [5, 5.41) is 5.96. The lowest BCUT2D eigenvalue weighted by atomic mass is 10.1. The predicted octanol–water partition coefficient (Wildman–Crippen LogP) is 2.13. The Bertz CT molecular complexity index is 329. The van der Waals surface area contributed by atoms with Crippen molar-refractivity contribution in [1.82, 2.24) is 9.59 Å². The Morgan fingerprint density at radius 2 is 2.00 bits per heavy atom. The maximum Gasteiger partial charge on any atom is 0.0799 e. The van der Waals surface area contributed by atoms with Crippen LogP contribution in [0.5, 0.6) is 0 Å². The number of rotatable bonds is 2. The molecular weight excluding hydrogens is 168 g/mol. The Balaban J connectivity index is 2.15. The van der Waals surface area contributed by atoms with Crippen molar-refractivity contribution in [2.24, 2.45) is 0 Å². The second-order valence-corrected chi connectivity index (χ2v) is 3.17. The van der Waals surface area contributed by atoms with Gasteiger partial charge in [-0.1, -0.05) is 34.8 Å².